The quantitative estimate of drug-likeness (QED) is 0.518. The van der Waals surface area contributed by atoms with Crippen LogP contribution in [0.4, 0.5) is 0 Å². The Labute approximate surface area is 178 Å². The molecule has 4 rings (SSSR count). The third-order valence-corrected chi connectivity index (χ3v) is 7.60. The maximum absolute atomic E-state index is 12.7. The fourth-order valence-electron chi connectivity index (χ4n) is 3.05. The van der Waals surface area contributed by atoms with Crippen molar-refractivity contribution in [1.82, 2.24) is 19.4 Å². The van der Waals surface area contributed by atoms with Gasteiger partial charge in [0, 0.05) is 29.9 Å². The van der Waals surface area contributed by atoms with Crippen molar-refractivity contribution in [2.75, 3.05) is 13.1 Å². The van der Waals surface area contributed by atoms with Gasteiger partial charge in [0.25, 0.3) is 0 Å². The minimum Gasteiger partial charge on any atom is -0.338 e. The summed E-state index contributed by atoms with van der Waals surface area (Å²) in [5.74, 6) is 1.36. The lowest BCUT2D eigenvalue weighted by atomic mass is 10.2. The molecule has 152 valence electrons. The van der Waals surface area contributed by atoms with Gasteiger partial charge in [-0.25, -0.2) is 13.4 Å². The Morgan fingerprint density at radius 2 is 1.97 bits per heavy atom. The minimum absolute atomic E-state index is 0.227. The van der Waals surface area contributed by atoms with Crippen LogP contribution in [0.25, 0.3) is 11.4 Å². The summed E-state index contributed by atoms with van der Waals surface area (Å²) >= 11 is 7.39. The van der Waals surface area contributed by atoms with E-state index in [-0.39, 0.29) is 4.90 Å². The monoisotopic (exact) mass is 450 g/mol. The van der Waals surface area contributed by atoms with Gasteiger partial charge in [0.1, 0.15) is 4.90 Å². The zero-order valence-electron chi connectivity index (χ0n) is 15.5. The predicted molar refractivity (Wildman–Crippen MR) is 111 cm³/mol. The number of benzene rings is 1. The van der Waals surface area contributed by atoms with Gasteiger partial charge < -0.3 is 4.52 Å². The molecule has 0 amide bonds. The number of piperidine rings is 1. The molecule has 3 aromatic rings. The molecule has 0 bridgehead atoms. The first kappa shape index (κ1) is 20.3. The minimum atomic E-state index is -3.47. The van der Waals surface area contributed by atoms with Crippen molar-refractivity contribution >= 4 is 33.4 Å². The molecule has 0 saturated carbocycles. The number of rotatable bonds is 6. The normalized spacial score (nSPS) is 15.5. The molecular weight excluding hydrogens is 432 g/mol. The molecule has 1 aliphatic rings. The summed E-state index contributed by atoms with van der Waals surface area (Å²) in [6.07, 6.45) is 4.30. The summed E-state index contributed by atoms with van der Waals surface area (Å²) in [5.41, 5.74) is 0.780. The number of aromatic nitrogens is 3. The van der Waals surface area contributed by atoms with Crippen LogP contribution in [0.2, 0.25) is 5.02 Å². The van der Waals surface area contributed by atoms with Crippen LogP contribution in [-0.2, 0) is 15.8 Å². The number of hydrogen-bond donors (Lipinski definition) is 0. The molecule has 1 saturated heterocycles. The van der Waals surface area contributed by atoms with Gasteiger partial charge >= 0.3 is 0 Å². The van der Waals surface area contributed by atoms with Crippen LogP contribution < -0.4 is 0 Å². The molecular formula is C19H19ClN4O3S2. The molecule has 29 heavy (non-hydrogen) atoms. The Bertz CT molecular complexity index is 1080. The number of pyridine rings is 1. The predicted octanol–water partition coefficient (Wildman–Crippen LogP) is 4.25. The first-order chi connectivity index (χ1) is 14.0. The average Bonchev–Trinajstić information content (AvgIpc) is 3.22. The first-order valence-electron chi connectivity index (χ1n) is 9.20. The fraction of sp³-hybridized carbons (Fsp3) is 0.316. The number of nitrogens with zero attached hydrogens (tertiary/aromatic N) is 4. The molecule has 0 spiro atoms. The second-order valence-corrected chi connectivity index (χ2v) is 9.98. The van der Waals surface area contributed by atoms with Crippen LogP contribution in [0.1, 0.15) is 25.2 Å². The standard InChI is InChI=1S/C19H19ClN4O3S2/c20-15-6-4-5-14(11-15)19-22-17(27-23-19)13-28-18-8-7-16(12-21-18)29(25,26)24-9-2-1-3-10-24/h4-8,11-12H,1-3,9-10,13H2. The number of thioether (sulfide) groups is 1. The van der Waals surface area contributed by atoms with Gasteiger partial charge in [0.05, 0.1) is 10.8 Å². The summed E-state index contributed by atoms with van der Waals surface area (Å²) in [6, 6.07) is 10.5. The Kier molecular flexibility index (Phi) is 6.19. The van der Waals surface area contributed by atoms with Crippen LogP contribution in [0.5, 0.6) is 0 Å². The van der Waals surface area contributed by atoms with Crippen LogP contribution in [0.15, 0.2) is 57.0 Å². The third kappa shape index (κ3) is 4.80. The molecule has 0 unspecified atom stereocenters. The summed E-state index contributed by atoms with van der Waals surface area (Å²) in [7, 11) is -3.47. The Morgan fingerprint density at radius 3 is 2.69 bits per heavy atom. The molecule has 1 aromatic carbocycles. The molecule has 0 radical (unpaired) electrons. The lowest BCUT2D eigenvalue weighted by Crippen LogP contribution is -2.35. The SMILES string of the molecule is O=S(=O)(c1ccc(SCc2nc(-c3cccc(Cl)c3)no2)nc1)N1CCCCC1. The van der Waals surface area contributed by atoms with E-state index in [0.717, 1.165) is 24.8 Å². The highest BCUT2D eigenvalue weighted by Gasteiger charge is 2.26. The Balaban J connectivity index is 1.40. The molecule has 0 aliphatic carbocycles. The molecule has 0 atom stereocenters. The molecule has 1 aliphatic heterocycles. The fourth-order valence-corrected chi connectivity index (χ4v) is 5.39. The van der Waals surface area contributed by atoms with Gasteiger partial charge in [0.2, 0.25) is 21.7 Å². The number of sulfonamides is 1. The summed E-state index contributed by atoms with van der Waals surface area (Å²) < 4.78 is 32.2. The second-order valence-electron chi connectivity index (χ2n) is 6.61. The number of halogens is 1. The van der Waals surface area contributed by atoms with E-state index in [1.807, 2.05) is 12.1 Å². The van der Waals surface area contributed by atoms with Crippen molar-refractivity contribution in [1.29, 1.82) is 0 Å². The highest BCUT2D eigenvalue weighted by atomic mass is 35.5. The van der Waals surface area contributed by atoms with Crippen molar-refractivity contribution in [3.8, 4) is 11.4 Å². The van der Waals surface area contributed by atoms with Crippen molar-refractivity contribution in [3.05, 3.63) is 53.5 Å². The van der Waals surface area contributed by atoms with Gasteiger partial charge in [-0.1, -0.05) is 47.1 Å². The number of hydrogen-bond acceptors (Lipinski definition) is 7. The molecule has 7 nitrogen and oxygen atoms in total. The van der Waals surface area contributed by atoms with Crippen LogP contribution >= 0.6 is 23.4 Å². The largest absolute Gasteiger partial charge is 0.338 e. The van der Waals surface area contributed by atoms with E-state index in [2.05, 4.69) is 15.1 Å². The van der Waals surface area contributed by atoms with Crippen LogP contribution in [0.3, 0.4) is 0 Å². The summed E-state index contributed by atoms with van der Waals surface area (Å²) in [5, 5.41) is 5.26. The first-order valence-corrected chi connectivity index (χ1v) is 12.0. The maximum Gasteiger partial charge on any atom is 0.244 e. The Hall–Kier alpha value is -1.94. The average molecular weight is 451 g/mol. The van der Waals surface area contributed by atoms with E-state index < -0.39 is 10.0 Å². The smallest absolute Gasteiger partial charge is 0.244 e. The van der Waals surface area contributed by atoms with E-state index in [1.165, 1.54) is 22.3 Å². The van der Waals surface area contributed by atoms with Crippen LogP contribution in [0, 0.1) is 0 Å². The van der Waals surface area contributed by atoms with E-state index in [4.69, 9.17) is 16.1 Å². The highest BCUT2D eigenvalue weighted by Crippen LogP contribution is 2.25. The van der Waals surface area contributed by atoms with E-state index in [1.54, 1.807) is 24.3 Å². The lowest BCUT2D eigenvalue weighted by molar-refractivity contribution is 0.346. The zero-order chi connectivity index (χ0) is 20.3. The molecule has 2 aromatic heterocycles. The van der Waals surface area contributed by atoms with Gasteiger partial charge in [0.15, 0.2) is 0 Å². The molecule has 3 heterocycles. The van der Waals surface area contributed by atoms with Gasteiger partial charge in [-0.15, -0.1) is 0 Å². The van der Waals surface area contributed by atoms with Crippen molar-refractivity contribution in [3.63, 3.8) is 0 Å². The lowest BCUT2D eigenvalue weighted by Gasteiger charge is -2.25. The van der Waals surface area contributed by atoms with Gasteiger partial charge in [-0.3, -0.25) is 0 Å². The summed E-state index contributed by atoms with van der Waals surface area (Å²) in [4.78, 5) is 8.87. The summed E-state index contributed by atoms with van der Waals surface area (Å²) in [6.45, 7) is 1.15. The van der Waals surface area contributed by atoms with Crippen molar-refractivity contribution in [2.24, 2.45) is 0 Å². The topological polar surface area (TPSA) is 89.2 Å². The molecule has 0 N–H and O–H groups in total. The van der Waals surface area contributed by atoms with Crippen LogP contribution in [-0.4, -0.2) is 40.9 Å². The van der Waals surface area contributed by atoms with Gasteiger partial charge in [-0.05, 0) is 37.1 Å². The van der Waals surface area contributed by atoms with E-state index in [0.29, 0.717) is 40.6 Å². The highest BCUT2D eigenvalue weighted by molar-refractivity contribution is 7.98. The van der Waals surface area contributed by atoms with Crippen molar-refractivity contribution in [2.45, 2.75) is 34.9 Å². The van der Waals surface area contributed by atoms with Crippen molar-refractivity contribution < 1.29 is 12.9 Å². The van der Waals surface area contributed by atoms with E-state index in [9.17, 15) is 8.42 Å². The third-order valence-electron chi connectivity index (χ3n) is 4.56. The zero-order valence-corrected chi connectivity index (χ0v) is 17.9. The molecule has 10 heteroatoms. The van der Waals surface area contributed by atoms with Gasteiger partial charge in [-0.2, -0.15) is 9.29 Å². The second kappa shape index (κ2) is 8.83. The Morgan fingerprint density at radius 1 is 1.14 bits per heavy atom. The van der Waals surface area contributed by atoms with E-state index >= 15 is 0 Å². The maximum atomic E-state index is 12.7. The molecule has 1 fully saturated rings.